The van der Waals surface area contributed by atoms with Crippen LogP contribution in [0.4, 0.5) is 14.9 Å². The molecule has 1 amide bonds. The molecule has 1 fully saturated rings. The molecule has 0 spiro atoms. The first-order chi connectivity index (χ1) is 10.7. The summed E-state index contributed by atoms with van der Waals surface area (Å²) in [5, 5.41) is 0. The van der Waals surface area contributed by atoms with Crippen molar-refractivity contribution in [3.8, 4) is 5.75 Å². The minimum atomic E-state index is -0.509. The predicted molar refractivity (Wildman–Crippen MR) is 86.8 cm³/mol. The summed E-state index contributed by atoms with van der Waals surface area (Å²) in [7, 11) is 0. The van der Waals surface area contributed by atoms with Crippen LogP contribution in [-0.4, -0.2) is 36.3 Å². The fraction of sp³-hybridized carbons (Fsp3) is 0.588. The smallest absolute Gasteiger partial charge is 0.410 e. The third-order valence-corrected chi connectivity index (χ3v) is 3.60. The summed E-state index contributed by atoms with van der Waals surface area (Å²) < 4.78 is 24.6. The first-order valence-corrected chi connectivity index (χ1v) is 7.90. The Morgan fingerprint density at radius 1 is 1.43 bits per heavy atom. The molecule has 1 aromatic carbocycles. The van der Waals surface area contributed by atoms with E-state index in [1.165, 1.54) is 18.2 Å². The second kappa shape index (κ2) is 7.06. The van der Waals surface area contributed by atoms with Crippen LogP contribution in [-0.2, 0) is 4.74 Å². The highest BCUT2D eigenvalue weighted by Gasteiger charge is 2.28. The zero-order valence-electron chi connectivity index (χ0n) is 14.0. The topological polar surface area (TPSA) is 64.8 Å². The number of nitrogens with two attached hydrogens (primary N) is 1. The van der Waals surface area contributed by atoms with E-state index < -0.39 is 11.4 Å². The van der Waals surface area contributed by atoms with Crippen LogP contribution in [0.1, 0.15) is 33.6 Å². The first-order valence-electron chi connectivity index (χ1n) is 7.90. The van der Waals surface area contributed by atoms with Crippen LogP contribution < -0.4 is 10.5 Å². The minimum absolute atomic E-state index is 0.150. The standard InChI is InChI=1S/C17H25FN2O3/c1-17(2,3)23-16(21)20-8-4-5-12(10-20)11-22-15-9-13(19)6-7-14(15)18/h6-7,9,12H,4-5,8,10-11,19H2,1-3H3. The molecule has 1 aliphatic heterocycles. The van der Waals surface area contributed by atoms with Gasteiger partial charge in [-0.3, -0.25) is 0 Å². The summed E-state index contributed by atoms with van der Waals surface area (Å²) in [6.07, 6.45) is 1.51. The van der Waals surface area contributed by atoms with Crippen molar-refractivity contribution in [1.82, 2.24) is 4.90 Å². The zero-order valence-corrected chi connectivity index (χ0v) is 14.0. The molecule has 6 heteroatoms. The zero-order chi connectivity index (χ0) is 17.0. The van der Waals surface area contributed by atoms with E-state index in [0.717, 1.165) is 12.8 Å². The minimum Gasteiger partial charge on any atom is -0.490 e. The van der Waals surface area contributed by atoms with Gasteiger partial charge >= 0.3 is 6.09 Å². The molecule has 2 rings (SSSR count). The maximum absolute atomic E-state index is 13.6. The van der Waals surface area contributed by atoms with Crippen LogP contribution in [0.3, 0.4) is 0 Å². The van der Waals surface area contributed by atoms with Crippen molar-refractivity contribution in [3.63, 3.8) is 0 Å². The summed E-state index contributed by atoms with van der Waals surface area (Å²) in [6, 6.07) is 4.26. The predicted octanol–water partition coefficient (Wildman–Crippen LogP) is 3.43. The van der Waals surface area contributed by atoms with Crippen molar-refractivity contribution in [2.75, 3.05) is 25.4 Å². The van der Waals surface area contributed by atoms with E-state index in [1.54, 1.807) is 4.90 Å². The fourth-order valence-electron chi connectivity index (χ4n) is 2.53. The Balaban J connectivity index is 1.89. The molecule has 0 radical (unpaired) electrons. The number of carbonyl (C=O) groups is 1. The lowest BCUT2D eigenvalue weighted by Crippen LogP contribution is -2.44. The number of hydrogen-bond acceptors (Lipinski definition) is 4. The number of anilines is 1. The lowest BCUT2D eigenvalue weighted by atomic mass is 9.99. The van der Waals surface area contributed by atoms with Gasteiger partial charge in [0.1, 0.15) is 5.60 Å². The number of halogens is 1. The Morgan fingerprint density at radius 2 is 2.17 bits per heavy atom. The third-order valence-electron chi connectivity index (χ3n) is 3.60. The van der Waals surface area contributed by atoms with Crippen LogP contribution in [0.2, 0.25) is 0 Å². The number of nitrogens with zero attached hydrogens (tertiary/aromatic N) is 1. The molecular weight excluding hydrogens is 299 g/mol. The Kier molecular flexibility index (Phi) is 5.34. The number of amides is 1. The number of benzene rings is 1. The molecular formula is C17H25FN2O3. The number of hydrogen-bond donors (Lipinski definition) is 1. The van der Waals surface area contributed by atoms with Crippen LogP contribution in [0.15, 0.2) is 18.2 Å². The maximum Gasteiger partial charge on any atom is 0.410 e. The van der Waals surface area contributed by atoms with E-state index in [2.05, 4.69) is 0 Å². The average Bonchev–Trinajstić information content (AvgIpc) is 2.47. The third kappa shape index (κ3) is 5.30. The van der Waals surface area contributed by atoms with Gasteiger partial charge in [-0.1, -0.05) is 0 Å². The first kappa shape index (κ1) is 17.4. The van der Waals surface area contributed by atoms with Crippen molar-refractivity contribution in [2.24, 2.45) is 5.92 Å². The Morgan fingerprint density at radius 3 is 2.87 bits per heavy atom. The highest BCUT2D eigenvalue weighted by atomic mass is 19.1. The molecule has 1 aliphatic rings. The van der Waals surface area contributed by atoms with Gasteiger partial charge in [0.15, 0.2) is 11.6 Å². The maximum atomic E-state index is 13.6. The largest absolute Gasteiger partial charge is 0.490 e. The van der Waals surface area contributed by atoms with E-state index in [4.69, 9.17) is 15.2 Å². The summed E-state index contributed by atoms with van der Waals surface area (Å²) in [6.45, 7) is 7.12. The molecule has 128 valence electrons. The van der Waals surface area contributed by atoms with Gasteiger partial charge in [-0.05, 0) is 45.7 Å². The number of carbonyl (C=O) groups excluding carboxylic acids is 1. The van der Waals surface area contributed by atoms with Gasteiger partial charge in [0.2, 0.25) is 0 Å². The Bertz CT molecular complexity index is 557. The fourth-order valence-corrected chi connectivity index (χ4v) is 2.53. The van der Waals surface area contributed by atoms with E-state index in [1.807, 2.05) is 20.8 Å². The van der Waals surface area contributed by atoms with Gasteiger partial charge in [-0.15, -0.1) is 0 Å². The van der Waals surface area contributed by atoms with Crippen molar-refractivity contribution in [3.05, 3.63) is 24.0 Å². The van der Waals surface area contributed by atoms with E-state index >= 15 is 0 Å². The van der Waals surface area contributed by atoms with Crippen molar-refractivity contribution in [1.29, 1.82) is 0 Å². The van der Waals surface area contributed by atoms with Crippen LogP contribution in [0.25, 0.3) is 0 Å². The molecule has 2 N–H and O–H groups in total. The van der Waals surface area contributed by atoms with Crippen molar-refractivity contribution < 1.29 is 18.7 Å². The molecule has 0 aliphatic carbocycles. The second-order valence-corrected chi connectivity index (χ2v) is 6.94. The summed E-state index contributed by atoms with van der Waals surface area (Å²) >= 11 is 0. The van der Waals surface area contributed by atoms with E-state index in [0.29, 0.717) is 25.4 Å². The van der Waals surface area contributed by atoms with Crippen LogP contribution >= 0.6 is 0 Å². The second-order valence-electron chi connectivity index (χ2n) is 6.94. The molecule has 0 saturated carbocycles. The molecule has 1 atom stereocenters. The number of nitrogen functional groups attached to an aromatic ring is 1. The summed E-state index contributed by atoms with van der Waals surface area (Å²) in [5.74, 6) is -0.129. The van der Waals surface area contributed by atoms with Gasteiger partial charge < -0.3 is 20.1 Å². The lowest BCUT2D eigenvalue weighted by molar-refractivity contribution is 0.0138. The highest BCUT2D eigenvalue weighted by molar-refractivity contribution is 5.68. The summed E-state index contributed by atoms with van der Waals surface area (Å²) in [4.78, 5) is 13.8. The van der Waals surface area contributed by atoms with Gasteiger partial charge in [-0.25, -0.2) is 9.18 Å². The van der Waals surface area contributed by atoms with Crippen molar-refractivity contribution >= 4 is 11.8 Å². The van der Waals surface area contributed by atoms with Gasteiger partial charge in [0.25, 0.3) is 0 Å². The van der Waals surface area contributed by atoms with Gasteiger partial charge in [0.05, 0.1) is 6.61 Å². The van der Waals surface area contributed by atoms with Crippen LogP contribution in [0.5, 0.6) is 5.75 Å². The van der Waals surface area contributed by atoms with Crippen molar-refractivity contribution in [2.45, 2.75) is 39.2 Å². The SMILES string of the molecule is CC(C)(C)OC(=O)N1CCCC(COc2cc(N)ccc2F)C1. The molecule has 5 nitrogen and oxygen atoms in total. The van der Waals surface area contributed by atoms with Gasteiger partial charge in [-0.2, -0.15) is 0 Å². The number of likely N-dealkylation sites (tertiary alicyclic amines) is 1. The van der Waals surface area contributed by atoms with E-state index in [9.17, 15) is 9.18 Å². The molecule has 1 aromatic rings. The van der Waals surface area contributed by atoms with E-state index in [-0.39, 0.29) is 17.8 Å². The molecule has 0 bridgehead atoms. The summed E-state index contributed by atoms with van der Waals surface area (Å²) in [5.41, 5.74) is 5.59. The Hall–Kier alpha value is -1.98. The molecule has 1 heterocycles. The molecule has 1 unspecified atom stereocenters. The number of piperidine rings is 1. The Labute approximate surface area is 136 Å². The normalized spacial score (nSPS) is 18.6. The highest BCUT2D eigenvalue weighted by Crippen LogP contribution is 2.23. The average molecular weight is 324 g/mol. The lowest BCUT2D eigenvalue weighted by Gasteiger charge is -2.34. The number of ether oxygens (including phenoxy) is 2. The monoisotopic (exact) mass is 324 g/mol. The van der Waals surface area contributed by atoms with Gasteiger partial charge in [0, 0.05) is 30.8 Å². The molecule has 1 saturated heterocycles. The van der Waals surface area contributed by atoms with Crippen LogP contribution in [0, 0.1) is 11.7 Å². The number of rotatable bonds is 3. The quantitative estimate of drug-likeness (QED) is 0.865. The molecule has 0 aromatic heterocycles. The molecule has 23 heavy (non-hydrogen) atoms.